The molecule has 1 saturated carbocycles. The van der Waals surface area contributed by atoms with Crippen molar-refractivity contribution < 1.29 is 14.6 Å². The Labute approximate surface area is 108 Å². The van der Waals surface area contributed by atoms with Crippen LogP contribution in [-0.2, 0) is 15.6 Å². The summed E-state index contributed by atoms with van der Waals surface area (Å²) in [4.78, 5) is 11.5. The van der Waals surface area contributed by atoms with E-state index in [1.54, 1.807) is 7.11 Å². The fourth-order valence-electron chi connectivity index (χ4n) is 2.27. The van der Waals surface area contributed by atoms with Crippen molar-refractivity contribution in [2.45, 2.75) is 44.4 Å². The summed E-state index contributed by atoms with van der Waals surface area (Å²) in [6.07, 6.45) is 1.40. The largest absolute Gasteiger partial charge is 0.496 e. The average molecular weight is 248 g/mol. The lowest BCUT2D eigenvalue weighted by molar-refractivity contribution is -0.140. The molecule has 1 N–H and O–H groups in total. The van der Waals surface area contributed by atoms with Gasteiger partial charge in [-0.2, -0.15) is 0 Å². The monoisotopic (exact) mass is 248 g/mol. The molecule has 0 heterocycles. The Morgan fingerprint density at radius 3 is 2.33 bits per heavy atom. The molecular formula is C15H20O3. The molecule has 0 atom stereocenters. The van der Waals surface area contributed by atoms with Crippen molar-refractivity contribution in [3.8, 4) is 5.75 Å². The van der Waals surface area contributed by atoms with Crippen LogP contribution in [0.5, 0.6) is 5.75 Å². The average Bonchev–Trinajstić information content (AvgIpc) is 3.08. The Bertz CT molecular complexity index is 479. The van der Waals surface area contributed by atoms with Crippen LogP contribution < -0.4 is 4.74 Å². The van der Waals surface area contributed by atoms with Gasteiger partial charge in [0.1, 0.15) is 5.75 Å². The number of rotatable bonds is 3. The van der Waals surface area contributed by atoms with Crippen molar-refractivity contribution in [2.75, 3.05) is 7.11 Å². The lowest BCUT2D eigenvalue weighted by Gasteiger charge is -2.23. The van der Waals surface area contributed by atoms with E-state index in [1.807, 2.05) is 18.2 Å². The molecule has 98 valence electrons. The Hall–Kier alpha value is -1.51. The minimum Gasteiger partial charge on any atom is -0.496 e. The van der Waals surface area contributed by atoms with Crippen LogP contribution in [0.3, 0.4) is 0 Å². The quantitative estimate of drug-likeness (QED) is 0.894. The van der Waals surface area contributed by atoms with E-state index in [0.29, 0.717) is 18.6 Å². The van der Waals surface area contributed by atoms with Crippen LogP contribution in [0.4, 0.5) is 0 Å². The van der Waals surface area contributed by atoms with Gasteiger partial charge in [-0.1, -0.05) is 32.9 Å². The third-order valence-corrected chi connectivity index (χ3v) is 3.74. The van der Waals surface area contributed by atoms with Gasteiger partial charge in [0.05, 0.1) is 12.5 Å². The number of hydrogen-bond acceptors (Lipinski definition) is 2. The van der Waals surface area contributed by atoms with Crippen LogP contribution in [-0.4, -0.2) is 18.2 Å². The molecule has 0 saturated heterocycles. The van der Waals surface area contributed by atoms with Gasteiger partial charge in [0.15, 0.2) is 0 Å². The van der Waals surface area contributed by atoms with Gasteiger partial charge >= 0.3 is 5.97 Å². The molecule has 0 unspecified atom stereocenters. The summed E-state index contributed by atoms with van der Waals surface area (Å²) in [7, 11) is 1.59. The van der Waals surface area contributed by atoms with Crippen molar-refractivity contribution in [3.05, 3.63) is 29.3 Å². The zero-order valence-corrected chi connectivity index (χ0v) is 11.4. The highest BCUT2D eigenvalue weighted by atomic mass is 16.5. The molecule has 0 aliphatic heterocycles. The fourth-order valence-corrected chi connectivity index (χ4v) is 2.27. The number of carbonyl (C=O) groups is 1. The van der Waals surface area contributed by atoms with Gasteiger partial charge in [0.25, 0.3) is 0 Å². The van der Waals surface area contributed by atoms with Crippen molar-refractivity contribution in [2.24, 2.45) is 0 Å². The molecule has 1 aliphatic rings. The summed E-state index contributed by atoms with van der Waals surface area (Å²) >= 11 is 0. The number of carboxylic acids is 1. The maximum absolute atomic E-state index is 11.5. The van der Waals surface area contributed by atoms with Crippen LogP contribution in [0.15, 0.2) is 18.2 Å². The number of methoxy groups -OCH3 is 1. The maximum Gasteiger partial charge on any atom is 0.314 e. The van der Waals surface area contributed by atoms with E-state index in [9.17, 15) is 9.90 Å². The van der Waals surface area contributed by atoms with Gasteiger partial charge in [-0.15, -0.1) is 0 Å². The van der Waals surface area contributed by atoms with E-state index in [1.165, 1.54) is 0 Å². The first kappa shape index (κ1) is 12.9. The maximum atomic E-state index is 11.5. The number of ether oxygens (including phenoxy) is 1. The van der Waals surface area contributed by atoms with Gasteiger partial charge in [-0.3, -0.25) is 4.79 Å². The van der Waals surface area contributed by atoms with E-state index in [0.717, 1.165) is 11.1 Å². The topological polar surface area (TPSA) is 46.5 Å². The highest BCUT2D eigenvalue weighted by Gasteiger charge is 2.53. The predicted octanol–water partition coefficient (Wildman–Crippen LogP) is 3.11. The molecule has 0 bridgehead atoms. The Morgan fingerprint density at radius 2 is 1.94 bits per heavy atom. The van der Waals surface area contributed by atoms with Gasteiger partial charge in [0, 0.05) is 5.56 Å². The van der Waals surface area contributed by atoms with Gasteiger partial charge < -0.3 is 9.84 Å². The second-order valence-corrected chi connectivity index (χ2v) is 6.05. The summed E-state index contributed by atoms with van der Waals surface area (Å²) in [5.41, 5.74) is 1.26. The molecule has 1 aromatic carbocycles. The van der Waals surface area contributed by atoms with Crippen molar-refractivity contribution >= 4 is 5.97 Å². The lowest BCUT2D eigenvalue weighted by Crippen LogP contribution is -2.22. The second-order valence-electron chi connectivity index (χ2n) is 6.05. The smallest absolute Gasteiger partial charge is 0.314 e. The standard InChI is InChI=1S/C15H20O3/c1-14(2,3)10-5-6-12(18-4)11(9-10)15(7-8-15)13(16)17/h5-6,9H,7-8H2,1-4H3,(H,16,17). The van der Waals surface area contributed by atoms with Gasteiger partial charge in [-0.05, 0) is 29.9 Å². The van der Waals surface area contributed by atoms with Crippen LogP contribution >= 0.6 is 0 Å². The number of benzene rings is 1. The SMILES string of the molecule is COc1ccc(C(C)(C)C)cc1C1(C(=O)O)CC1. The zero-order valence-electron chi connectivity index (χ0n) is 11.4. The summed E-state index contributed by atoms with van der Waals surface area (Å²) < 4.78 is 5.33. The zero-order chi connectivity index (χ0) is 13.6. The van der Waals surface area contributed by atoms with E-state index >= 15 is 0 Å². The molecule has 1 aliphatic carbocycles. The molecule has 0 spiro atoms. The molecule has 3 nitrogen and oxygen atoms in total. The second kappa shape index (κ2) is 4.01. The highest BCUT2D eigenvalue weighted by Crippen LogP contribution is 2.52. The minimum absolute atomic E-state index is 0.00953. The Morgan fingerprint density at radius 1 is 1.33 bits per heavy atom. The van der Waals surface area contributed by atoms with Crippen LogP contribution in [0.25, 0.3) is 0 Å². The van der Waals surface area contributed by atoms with Crippen molar-refractivity contribution in [1.82, 2.24) is 0 Å². The molecule has 0 amide bonds. The summed E-state index contributed by atoms with van der Waals surface area (Å²) in [5, 5.41) is 9.42. The number of hydrogen-bond donors (Lipinski definition) is 1. The van der Waals surface area contributed by atoms with E-state index in [-0.39, 0.29) is 5.41 Å². The molecule has 0 radical (unpaired) electrons. The van der Waals surface area contributed by atoms with Crippen LogP contribution in [0, 0.1) is 0 Å². The number of aliphatic carboxylic acids is 1. The van der Waals surface area contributed by atoms with Gasteiger partial charge in [0.2, 0.25) is 0 Å². The first-order chi connectivity index (χ1) is 8.31. The molecule has 3 heteroatoms. The summed E-state index contributed by atoms with van der Waals surface area (Å²) in [6, 6.07) is 5.90. The number of carboxylic acid groups (broad SMARTS) is 1. The first-order valence-corrected chi connectivity index (χ1v) is 6.24. The molecule has 1 fully saturated rings. The third kappa shape index (κ3) is 1.98. The molecule has 0 aromatic heterocycles. The fraction of sp³-hybridized carbons (Fsp3) is 0.533. The van der Waals surface area contributed by atoms with E-state index < -0.39 is 11.4 Å². The lowest BCUT2D eigenvalue weighted by atomic mass is 9.83. The molecule has 1 aromatic rings. The van der Waals surface area contributed by atoms with Crippen LogP contribution in [0.2, 0.25) is 0 Å². The molecular weight excluding hydrogens is 228 g/mol. The summed E-state index contributed by atoms with van der Waals surface area (Å²) in [5.74, 6) is -0.0604. The minimum atomic E-state index is -0.744. The first-order valence-electron chi connectivity index (χ1n) is 6.24. The highest BCUT2D eigenvalue weighted by molar-refractivity contribution is 5.86. The van der Waals surface area contributed by atoms with E-state index in [2.05, 4.69) is 20.8 Å². The Balaban J connectivity index is 2.54. The van der Waals surface area contributed by atoms with Crippen molar-refractivity contribution in [1.29, 1.82) is 0 Å². The van der Waals surface area contributed by atoms with Crippen LogP contribution in [0.1, 0.15) is 44.7 Å². The van der Waals surface area contributed by atoms with Crippen molar-refractivity contribution in [3.63, 3.8) is 0 Å². The summed E-state index contributed by atoms with van der Waals surface area (Å²) in [6.45, 7) is 6.37. The predicted molar refractivity (Wildman–Crippen MR) is 70.2 cm³/mol. The molecule has 2 rings (SSSR count). The third-order valence-electron chi connectivity index (χ3n) is 3.74. The Kier molecular flexibility index (Phi) is 2.88. The van der Waals surface area contributed by atoms with Gasteiger partial charge in [-0.25, -0.2) is 0 Å². The molecule has 18 heavy (non-hydrogen) atoms. The van der Waals surface area contributed by atoms with E-state index in [4.69, 9.17) is 4.74 Å². The normalized spacial score (nSPS) is 17.3.